The van der Waals surface area contributed by atoms with Gasteiger partial charge in [0.15, 0.2) is 0 Å². The highest BCUT2D eigenvalue weighted by Gasteiger charge is 2.25. The molecule has 1 N–H and O–H groups in total. The van der Waals surface area contributed by atoms with Gasteiger partial charge in [-0.2, -0.15) is 0 Å². The molecule has 0 aliphatic carbocycles. The Balaban J connectivity index is 2.04. The Hall–Kier alpha value is -0.510. The minimum Gasteiger partial charge on any atom is -0.308 e. The van der Waals surface area contributed by atoms with E-state index in [4.69, 9.17) is 0 Å². The van der Waals surface area contributed by atoms with Crippen molar-refractivity contribution in [1.82, 2.24) is 10.2 Å². The zero-order chi connectivity index (χ0) is 13.2. The van der Waals surface area contributed by atoms with Crippen LogP contribution in [-0.4, -0.2) is 36.8 Å². The summed E-state index contributed by atoms with van der Waals surface area (Å²) >= 11 is 1.98. The minimum absolute atomic E-state index is 0.194. The maximum Gasteiger partial charge on any atom is 0.0340 e. The van der Waals surface area contributed by atoms with Gasteiger partial charge >= 0.3 is 0 Å². The molecule has 1 aromatic rings. The van der Waals surface area contributed by atoms with Crippen molar-refractivity contribution in [2.24, 2.45) is 0 Å². The zero-order valence-corrected chi connectivity index (χ0v) is 12.7. The highest BCUT2D eigenvalue weighted by Crippen LogP contribution is 2.35. The summed E-state index contributed by atoms with van der Waals surface area (Å²) in [6.07, 6.45) is 1.23. The van der Waals surface area contributed by atoms with Gasteiger partial charge in [-0.05, 0) is 51.7 Å². The van der Waals surface area contributed by atoms with Gasteiger partial charge in [-0.25, -0.2) is 0 Å². The van der Waals surface area contributed by atoms with E-state index in [9.17, 15) is 0 Å². The summed E-state index contributed by atoms with van der Waals surface area (Å²) in [6, 6.07) is 9.31. The van der Waals surface area contributed by atoms with Crippen molar-refractivity contribution in [3.63, 3.8) is 0 Å². The fourth-order valence-corrected chi connectivity index (χ4v) is 3.21. The lowest BCUT2D eigenvalue weighted by molar-refractivity contribution is 0.183. The molecule has 1 unspecified atom stereocenters. The fourth-order valence-electron chi connectivity index (χ4n) is 2.09. The van der Waals surface area contributed by atoms with E-state index in [1.807, 2.05) is 11.8 Å². The Labute approximate surface area is 115 Å². The molecule has 0 bridgehead atoms. The first-order valence-corrected chi connectivity index (χ1v) is 7.62. The molecule has 1 heterocycles. The van der Waals surface area contributed by atoms with Crippen LogP contribution in [0.5, 0.6) is 0 Å². The van der Waals surface area contributed by atoms with Crippen molar-refractivity contribution < 1.29 is 0 Å². The van der Waals surface area contributed by atoms with Gasteiger partial charge in [-0.3, -0.25) is 0 Å². The van der Waals surface area contributed by atoms with Crippen LogP contribution in [0, 0.1) is 0 Å². The van der Waals surface area contributed by atoms with Crippen LogP contribution in [0.1, 0.15) is 31.9 Å². The second kappa shape index (κ2) is 5.64. The molecule has 0 amide bonds. The van der Waals surface area contributed by atoms with Gasteiger partial charge in [0, 0.05) is 23.0 Å². The lowest BCUT2D eigenvalue weighted by atomic mass is 10.00. The highest BCUT2D eigenvalue weighted by molar-refractivity contribution is 7.99. The molecule has 18 heavy (non-hydrogen) atoms. The third kappa shape index (κ3) is 3.08. The number of hydrogen-bond acceptors (Lipinski definition) is 3. The summed E-state index contributed by atoms with van der Waals surface area (Å²) in [6.45, 7) is 5.58. The average molecular weight is 264 g/mol. The predicted molar refractivity (Wildman–Crippen MR) is 80.3 cm³/mol. The summed E-state index contributed by atoms with van der Waals surface area (Å²) in [7, 11) is 4.29. The molecule has 0 saturated carbocycles. The van der Waals surface area contributed by atoms with Gasteiger partial charge in [0.05, 0.1) is 0 Å². The number of fused-ring (bicyclic) bond motifs is 1. The van der Waals surface area contributed by atoms with Gasteiger partial charge in [-0.15, -0.1) is 11.8 Å². The number of nitrogens with one attached hydrogen (secondary N) is 1. The molecule has 1 aliphatic rings. The summed E-state index contributed by atoms with van der Waals surface area (Å²) in [5, 5.41) is 3.74. The van der Waals surface area contributed by atoms with Gasteiger partial charge < -0.3 is 10.2 Å². The molecule has 1 atom stereocenters. The number of thioether (sulfide) groups is 1. The lowest BCUT2D eigenvalue weighted by Crippen LogP contribution is -2.47. The van der Waals surface area contributed by atoms with Crippen molar-refractivity contribution in [2.75, 3.05) is 26.4 Å². The van der Waals surface area contributed by atoms with E-state index in [-0.39, 0.29) is 5.54 Å². The fraction of sp³-hybridized carbons (Fsp3) is 0.600. The molecule has 0 saturated heterocycles. The van der Waals surface area contributed by atoms with Crippen LogP contribution in [0.3, 0.4) is 0 Å². The quantitative estimate of drug-likeness (QED) is 0.899. The second-order valence-corrected chi connectivity index (χ2v) is 6.95. The first-order chi connectivity index (χ1) is 8.50. The number of hydrogen-bond donors (Lipinski definition) is 1. The van der Waals surface area contributed by atoms with Crippen molar-refractivity contribution in [1.29, 1.82) is 0 Å². The number of rotatable bonds is 4. The summed E-state index contributed by atoms with van der Waals surface area (Å²) < 4.78 is 0. The average Bonchev–Trinajstić information content (AvgIpc) is 2.36. The first kappa shape index (κ1) is 13.9. The van der Waals surface area contributed by atoms with Crippen molar-refractivity contribution in [2.45, 2.75) is 36.7 Å². The van der Waals surface area contributed by atoms with E-state index in [0.29, 0.717) is 6.04 Å². The van der Waals surface area contributed by atoms with E-state index in [1.54, 1.807) is 0 Å². The van der Waals surface area contributed by atoms with E-state index < -0.39 is 0 Å². The van der Waals surface area contributed by atoms with Crippen molar-refractivity contribution in [3.8, 4) is 0 Å². The van der Waals surface area contributed by atoms with Crippen molar-refractivity contribution >= 4 is 11.8 Å². The van der Waals surface area contributed by atoms with Crippen LogP contribution in [0.25, 0.3) is 0 Å². The van der Waals surface area contributed by atoms with Crippen LogP contribution in [0.15, 0.2) is 29.2 Å². The molecule has 1 aromatic carbocycles. The topological polar surface area (TPSA) is 15.3 Å². The summed E-state index contributed by atoms with van der Waals surface area (Å²) in [5.74, 6) is 1.22. The normalized spacial score (nSPS) is 19.9. The molecule has 0 fully saturated rings. The minimum atomic E-state index is 0.194. The monoisotopic (exact) mass is 264 g/mol. The van der Waals surface area contributed by atoms with Crippen LogP contribution in [0.2, 0.25) is 0 Å². The van der Waals surface area contributed by atoms with Crippen LogP contribution >= 0.6 is 11.8 Å². The van der Waals surface area contributed by atoms with Crippen LogP contribution in [0.4, 0.5) is 0 Å². The van der Waals surface area contributed by atoms with E-state index >= 15 is 0 Å². The largest absolute Gasteiger partial charge is 0.308 e. The molecular formula is C15H24N2S. The molecule has 1 aliphatic heterocycles. The van der Waals surface area contributed by atoms with E-state index in [2.05, 4.69) is 62.4 Å². The van der Waals surface area contributed by atoms with Gasteiger partial charge in [0.2, 0.25) is 0 Å². The maximum atomic E-state index is 3.74. The van der Waals surface area contributed by atoms with Gasteiger partial charge in [0.1, 0.15) is 0 Å². The van der Waals surface area contributed by atoms with Gasteiger partial charge in [0.25, 0.3) is 0 Å². The second-order valence-electron chi connectivity index (χ2n) is 5.82. The third-order valence-corrected chi connectivity index (χ3v) is 5.07. The molecule has 0 radical (unpaired) electrons. The zero-order valence-electron chi connectivity index (χ0n) is 11.9. The predicted octanol–water partition coefficient (Wildman–Crippen LogP) is 3.15. The Morgan fingerprint density at radius 2 is 2.06 bits per heavy atom. The molecular weight excluding hydrogens is 240 g/mol. The Kier molecular flexibility index (Phi) is 4.36. The molecule has 100 valence electrons. The lowest BCUT2D eigenvalue weighted by Gasteiger charge is -2.35. The standard InChI is InChI=1S/C15H24N2S/c1-15(2,17(3)4)11-16-13-9-10-18-14-8-6-5-7-12(13)14/h5-8,13,16H,9-11H2,1-4H3. The molecule has 3 heteroatoms. The Bertz CT molecular complexity index is 401. The molecule has 0 spiro atoms. The smallest absolute Gasteiger partial charge is 0.0340 e. The maximum absolute atomic E-state index is 3.74. The number of nitrogens with zero attached hydrogens (tertiary/aromatic N) is 1. The number of likely N-dealkylation sites (N-methyl/N-ethyl adjacent to an activating group) is 1. The third-order valence-electron chi connectivity index (χ3n) is 3.95. The summed E-state index contributed by atoms with van der Waals surface area (Å²) in [5.41, 5.74) is 1.67. The van der Waals surface area contributed by atoms with Crippen LogP contribution < -0.4 is 5.32 Å². The van der Waals surface area contributed by atoms with Crippen molar-refractivity contribution in [3.05, 3.63) is 29.8 Å². The van der Waals surface area contributed by atoms with E-state index in [0.717, 1.165) is 6.54 Å². The Morgan fingerprint density at radius 3 is 2.78 bits per heavy atom. The van der Waals surface area contributed by atoms with Gasteiger partial charge in [-0.1, -0.05) is 18.2 Å². The molecule has 2 rings (SSSR count). The SMILES string of the molecule is CN(C)C(C)(C)CNC1CCSc2ccccc21. The molecule has 2 nitrogen and oxygen atoms in total. The first-order valence-electron chi connectivity index (χ1n) is 6.63. The number of benzene rings is 1. The van der Waals surface area contributed by atoms with Crippen LogP contribution in [-0.2, 0) is 0 Å². The molecule has 0 aromatic heterocycles. The van der Waals surface area contributed by atoms with E-state index in [1.165, 1.54) is 22.6 Å². The Morgan fingerprint density at radius 1 is 1.33 bits per heavy atom. The highest BCUT2D eigenvalue weighted by atomic mass is 32.2. The summed E-state index contributed by atoms with van der Waals surface area (Å²) in [4.78, 5) is 3.73.